The largest absolute Gasteiger partial charge is 0.330 e. The molecule has 6 nitrogen and oxygen atoms in total. The summed E-state index contributed by atoms with van der Waals surface area (Å²) in [7, 11) is 5.11. The van der Waals surface area contributed by atoms with Gasteiger partial charge in [0.1, 0.15) is 5.01 Å². The molecule has 0 unspecified atom stereocenters. The number of rotatable bonds is 7. The fraction of sp³-hybridized carbons (Fsp3) is 0.765. The van der Waals surface area contributed by atoms with E-state index >= 15 is 0 Å². The lowest BCUT2D eigenvalue weighted by Crippen LogP contribution is -2.43. The van der Waals surface area contributed by atoms with E-state index in [4.69, 9.17) is 0 Å². The predicted octanol–water partition coefficient (Wildman–Crippen LogP) is 4.04. The van der Waals surface area contributed by atoms with Gasteiger partial charge in [0.15, 0.2) is 0 Å². The predicted molar refractivity (Wildman–Crippen MR) is 98.3 cm³/mol. The number of urea groups is 1. The van der Waals surface area contributed by atoms with Gasteiger partial charge in [0.25, 0.3) is 0 Å². The van der Waals surface area contributed by atoms with Crippen LogP contribution in [-0.2, 0) is 5.41 Å². The molecule has 0 radical (unpaired) electrons. The van der Waals surface area contributed by atoms with E-state index in [1.165, 1.54) is 21.1 Å². The second-order valence-electron chi connectivity index (χ2n) is 6.32. The Bertz CT molecular complexity index is 596. The van der Waals surface area contributed by atoms with Crippen molar-refractivity contribution in [1.29, 1.82) is 5.26 Å². The van der Waals surface area contributed by atoms with Crippen LogP contribution in [0.4, 0.5) is 9.93 Å². The molecule has 1 heterocycles. The molecule has 1 aromatic heterocycles. The molecule has 0 N–H and O–H groups in total. The highest BCUT2D eigenvalue weighted by molar-refractivity contribution is 7.15. The molecule has 7 heteroatoms. The van der Waals surface area contributed by atoms with Crippen molar-refractivity contribution in [2.75, 3.05) is 26.0 Å². The molecule has 0 spiro atoms. The Balaban J connectivity index is 3.40. The molecule has 0 fully saturated rings. The zero-order chi connectivity index (χ0) is 18.5. The Hall–Kier alpha value is -1.68. The molecule has 134 valence electrons. The fourth-order valence-corrected chi connectivity index (χ4v) is 4.78. The fourth-order valence-electron chi connectivity index (χ4n) is 3.55. The summed E-state index contributed by atoms with van der Waals surface area (Å²) in [5, 5.41) is 20.0. The molecule has 0 aromatic carbocycles. The van der Waals surface area contributed by atoms with Gasteiger partial charge in [-0.15, -0.1) is 10.2 Å². The van der Waals surface area contributed by atoms with Gasteiger partial charge in [-0.25, -0.2) is 4.79 Å². The molecule has 24 heavy (non-hydrogen) atoms. The number of anilines is 1. The van der Waals surface area contributed by atoms with E-state index in [1.54, 1.807) is 21.1 Å². The van der Waals surface area contributed by atoms with Crippen molar-refractivity contribution in [3.63, 3.8) is 0 Å². The number of nitriles is 1. The van der Waals surface area contributed by atoms with Crippen LogP contribution in [-0.4, -0.2) is 42.3 Å². The minimum absolute atomic E-state index is 0.145. The van der Waals surface area contributed by atoms with Gasteiger partial charge >= 0.3 is 6.03 Å². The van der Waals surface area contributed by atoms with Crippen molar-refractivity contribution >= 4 is 22.5 Å². The minimum Gasteiger partial charge on any atom is -0.330 e. The highest BCUT2D eigenvalue weighted by Gasteiger charge is 2.51. The van der Waals surface area contributed by atoms with Crippen molar-refractivity contribution in [3.8, 4) is 6.07 Å². The van der Waals surface area contributed by atoms with Crippen LogP contribution in [0.5, 0.6) is 0 Å². The van der Waals surface area contributed by atoms with E-state index in [1.807, 2.05) is 0 Å². The molecule has 0 saturated carbocycles. The van der Waals surface area contributed by atoms with Gasteiger partial charge < -0.3 is 4.90 Å². The van der Waals surface area contributed by atoms with Crippen LogP contribution in [0.25, 0.3) is 0 Å². The first-order valence-corrected chi connectivity index (χ1v) is 9.30. The van der Waals surface area contributed by atoms with Gasteiger partial charge in [-0.1, -0.05) is 39.0 Å². The highest BCUT2D eigenvalue weighted by atomic mass is 32.1. The molecule has 2 amide bonds. The van der Waals surface area contributed by atoms with E-state index in [2.05, 4.69) is 44.0 Å². The molecule has 0 saturated heterocycles. The Kier molecular flexibility index (Phi) is 6.73. The van der Waals surface area contributed by atoms with Crippen LogP contribution in [0.15, 0.2) is 0 Å². The summed E-state index contributed by atoms with van der Waals surface area (Å²) >= 11 is 1.42. The third kappa shape index (κ3) is 3.12. The zero-order valence-electron chi connectivity index (χ0n) is 15.9. The summed E-state index contributed by atoms with van der Waals surface area (Å²) in [6.07, 6.45) is 3.17. The quantitative estimate of drug-likeness (QED) is 0.743. The van der Waals surface area contributed by atoms with Gasteiger partial charge in [-0.05, 0) is 25.7 Å². The summed E-state index contributed by atoms with van der Waals surface area (Å²) in [5.74, 6) is 0. The van der Waals surface area contributed by atoms with Crippen LogP contribution in [0.3, 0.4) is 0 Å². The van der Waals surface area contributed by atoms with Crippen molar-refractivity contribution in [1.82, 2.24) is 15.1 Å². The Labute approximate surface area is 149 Å². The van der Waals surface area contributed by atoms with Crippen LogP contribution >= 0.6 is 11.3 Å². The first-order chi connectivity index (χ1) is 11.3. The minimum atomic E-state index is -0.475. The lowest BCUT2D eigenvalue weighted by Gasteiger charge is -2.43. The van der Waals surface area contributed by atoms with Gasteiger partial charge in [-0.2, -0.15) is 5.26 Å². The SMILES string of the molecule is CCC(C#N)(CC)C(CC)(CC)c1nnc(N(C)C(=O)N(C)C)s1. The van der Waals surface area contributed by atoms with Crippen LogP contribution < -0.4 is 4.90 Å². The second-order valence-corrected chi connectivity index (χ2v) is 7.27. The van der Waals surface area contributed by atoms with Crippen molar-refractivity contribution in [2.24, 2.45) is 5.41 Å². The van der Waals surface area contributed by atoms with Gasteiger partial charge in [0.05, 0.1) is 11.5 Å². The Morgan fingerprint density at radius 3 is 2.00 bits per heavy atom. The first-order valence-electron chi connectivity index (χ1n) is 8.49. The molecule has 0 atom stereocenters. The van der Waals surface area contributed by atoms with Gasteiger partial charge in [-0.3, -0.25) is 4.90 Å². The Morgan fingerprint density at radius 1 is 1.08 bits per heavy atom. The maximum absolute atomic E-state index is 12.1. The summed E-state index contributed by atoms with van der Waals surface area (Å²) in [6, 6.07) is 2.44. The van der Waals surface area contributed by atoms with Crippen molar-refractivity contribution in [2.45, 2.75) is 58.8 Å². The standard InChI is InChI=1S/C17H29N5OS/c1-8-16(9-2,12-18)17(10-3,11-4)13-19-20-14(24-13)22(7)15(23)21(5)6/h8-11H2,1-7H3. The van der Waals surface area contributed by atoms with Crippen LogP contribution in [0, 0.1) is 16.7 Å². The summed E-state index contributed by atoms with van der Waals surface area (Å²) in [5.41, 5.74) is -0.819. The number of carbonyl (C=O) groups is 1. The van der Waals surface area contributed by atoms with E-state index in [0.29, 0.717) is 5.13 Å². The summed E-state index contributed by atoms with van der Waals surface area (Å²) in [4.78, 5) is 15.2. The number of carbonyl (C=O) groups excluding carboxylic acids is 1. The number of aromatic nitrogens is 2. The second kappa shape index (κ2) is 7.93. The first kappa shape index (κ1) is 20.4. The summed E-state index contributed by atoms with van der Waals surface area (Å²) < 4.78 is 0. The maximum Gasteiger partial charge on any atom is 0.325 e. The van der Waals surface area contributed by atoms with Gasteiger partial charge in [0.2, 0.25) is 5.13 Å². The number of nitrogens with zero attached hydrogens (tertiary/aromatic N) is 5. The smallest absolute Gasteiger partial charge is 0.325 e. The molecule has 0 bridgehead atoms. The van der Waals surface area contributed by atoms with Crippen LogP contribution in [0.1, 0.15) is 58.4 Å². The number of hydrogen-bond donors (Lipinski definition) is 0. The van der Waals surface area contributed by atoms with E-state index in [9.17, 15) is 10.1 Å². The van der Waals surface area contributed by atoms with E-state index < -0.39 is 5.41 Å². The molecular weight excluding hydrogens is 322 g/mol. The molecule has 0 aliphatic rings. The normalized spacial score (nSPS) is 11.9. The third-order valence-electron chi connectivity index (χ3n) is 5.32. The highest BCUT2D eigenvalue weighted by Crippen LogP contribution is 2.52. The van der Waals surface area contributed by atoms with Gasteiger partial charge in [0, 0.05) is 26.6 Å². The van der Waals surface area contributed by atoms with E-state index in [0.717, 1.165) is 30.7 Å². The number of hydrogen-bond acceptors (Lipinski definition) is 5. The zero-order valence-corrected chi connectivity index (χ0v) is 16.7. The van der Waals surface area contributed by atoms with Crippen LogP contribution in [0.2, 0.25) is 0 Å². The third-order valence-corrected chi connectivity index (χ3v) is 6.53. The van der Waals surface area contributed by atoms with Crippen molar-refractivity contribution < 1.29 is 4.79 Å². The molecular formula is C17H29N5OS. The molecule has 1 aromatic rings. The maximum atomic E-state index is 12.1. The average molecular weight is 352 g/mol. The Morgan fingerprint density at radius 2 is 1.62 bits per heavy atom. The lowest BCUT2D eigenvalue weighted by molar-refractivity contribution is 0.152. The lowest BCUT2D eigenvalue weighted by atomic mass is 9.58. The van der Waals surface area contributed by atoms with E-state index in [-0.39, 0.29) is 11.4 Å². The number of amides is 2. The molecule has 1 rings (SSSR count). The monoisotopic (exact) mass is 351 g/mol. The summed E-state index contributed by atoms with van der Waals surface area (Å²) in [6.45, 7) is 8.35. The topological polar surface area (TPSA) is 73.1 Å². The average Bonchev–Trinajstić information content (AvgIpc) is 3.09. The van der Waals surface area contributed by atoms with Crippen molar-refractivity contribution in [3.05, 3.63) is 5.01 Å². The molecule has 0 aliphatic carbocycles. The molecule has 0 aliphatic heterocycles.